The van der Waals surface area contributed by atoms with Gasteiger partial charge in [-0.15, -0.1) is 0 Å². The Labute approximate surface area is 166 Å². The molecule has 0 aromatic carbocycles. The molecule has 2 rings (SSSR count). The molecule has 0 amide bonds. The molecule has 2 aliphatic rings. The van der Waals surface area contributed by atoms with Gasteiger partial charge < -0.3 is 19.8 Å². The third kappa shape index (κ3) is 18.9. The van der Waals surface area contributed by atoms with Crippen LogP contribution in [0.25, 0.3) is 0 Å². The van der Waals surface area contributed by atoms with E-state index in [4.69, 9.17) is 0 Å². The Morgan fingerprint density at radius 1 is 0.833 bits per heavy atom. The van der Waals surface area contributed by atoms with E-state index >= 15 is 0 Å². The molecule has 2 aliphatic carbocycles. The number of hydrogen-bond acceptors (Lipinski definition) is 1. The summed E-state index contributed by atoms with van der Waals surface area (Å²) >= 11 is 1.15. The van der Waals surface area contributed by atoms with Gasteiger partial charge in [0, 0.05) is 0 Å². The van der Waals surface area contributed by atoms with Gasteiger partial charge >= 0.3 is 50.5 Å². The third-order valence-electron chi connectivity index (χ3n) is 4.57. The molecule has 0 atom stereocenters. The van der Waals surface area contributed by atoms with E-state index in [-0.39, 0.29) is 5.54 Å². The molecular formula is C22H44NTa-3. The second-order valence-corrected chi connectivity index (χ2v) is 8.42. The monoisotopic (exact) mass is 503 g/mol. The van der Waals surface area contributed by atoms with Crippen molar-refractivity contribution in [3.8, 4) is 0 Å². The Balaban J connectivity index is 0. The molecule has 0 bridgehead atoms. The Hall–Kier alpha value is 0.540. The van der Waals surface area contributed by atoms with E-state index in [2.05, 4.69) is 57.7 Å². The van der Waals surface area contributed by atoms with E-state index in [1.165, 1.54) is 64.2 Å². The maximum absolute atomic E-state index is 4.13. The zero-order chi connectivity index (χ0) is 18.8. The summed E-state index contributed by atoms with van der Waals surface area (Å²) in [7, 11) is 0. The maximum atomic E-state index is 4.13. The summed E-state index contributed by atoms with van der Waals surface area (Å²) in [5.74, 6) is 2.11. The van der Waals surface area contributed by atoms with Crippen LogP contribution < -0.4 is 0 Å². The maximum Gasteiger partial charge on any atom is -0.0465 e. The van der Waals surface area contributed by atoms with E-state index in [1.807, 2.05) is 0 Å². The van der Waals surface area contributed by atoms with Gasteiger partial charge in [0.05, 0.1) is 0 Å². The quantitative estimate of drug-likeness (QED) is 0.339. The van der Waals surface area contributed by atoms with Gasteiger partial charge in [-0.1, -0.05) is 52.4 Å². The molecule has 24 heavy (non-hydrogen) atoms. The molecule has 0 aromatic heterocycles. The van der Waals surface area contributed by atoms with E-state index < -0.39 is 0 Å². The van der Waals surface area contributed by atoms with Crippen molar-refractivity contribution in [2.75, 3.05) is 0 Å². The second-order valence-electron chi connectivity index (χ2n) is 7.71. The summed E-state index contributed by atoms with van der Waals surface area (Å²) in [6.07, 6.45) is 19.0. The Morgan fingerprint density at radius 2 is 1.08 bits per heavy atom. The second kappa shape index (κ2) is 18.3. The molecule has 0 spiro atoms. The molecule has 145 valence electrons. The summed E-state index contributed by atoms with van der Waals surface area (Å²) in [4.78, 5) is 0. The summed E-state index contributed by atoms with van der Waals surface area (Å²) in [6, 6.07) is 0. The average molecular weight is 504 g/mol. The number of rotatable bonds is 2. The molecule has 0 N–H and O–H groups in total. The van der Waals surface area contributed by atoms with Crippen LogP contribution in [0.15, 0.2) is 3.34 Å². The van der Waals surface area contributed by atoms with Crippen LogP contribution in [0, 0.1) is 31.6 Å². The molecule has 2 fully saturated rings. The minimum Gasteiger partial charge on any atom is -0.346 e. The van der Waals surface area contributed by atoms with Crippen molar-refractivity contribution in [2.24, 2.45) is 15.2 Å². The predicted molar refractivity (Wildman–Crippen MR) is 106 cm³/mol. The van der Waals surface area contributed by atoms with Gasteiger partial charge in [0.25, 0.3) is 0 Å². The van der Waals surface area contributed by atoms with E-state index in [1.54, 1.807) is 6.92 Å². The van der Waals surface area contributed by atoms with Crippen molar-refractivity contribution in [1.29, 1.82) is 0 Å². The van der Waals surface area contributed by atoms with E-state index in [9.17, 15) is 0 Å². The van der Waals surface area contributed by atoms with Crippen molar-refractivity contribution < 1.29 is 20.9 Å². The Morgan fingerprint density at radius 3 is 1.21 bits per heavy atom. The zero-order valence-electron chi connectivity index (χ0n) is 17.5. The molecule has 0 unspecified atom stereocenters. The fourth-order valence-corrected chi connectivity index (χ4v) is 2.81. The normalized spacial score (nSPS) is 18.8. The largest absolute Gasteiger partial charge is 0.346 e. The topological polar surface area (TPSA) is 12.4 Å². The van der Waals surface area contributed by atoms with Gasteiger partial charge in [-0.2, -0.15) is 32.6 Å². The SMILES string of the molecule is CC(C)(C)[N]=[Ta].CCC1CC[CH-]CC1.CCC1CC[CH-]CC1.[CH2-]C. The van der Waals surface area contributed by atoms with Crippen molar-refractivity contribution in [1.82, 2.24) is 0 Å². The first-order valence-electron chi connectivity index (χ1n) is 10.1. The van der Waals surface area contributed by atoms with Gasteiger partial charge in [-0.25, -0.2) is 0 Å². The van der Waals surface area contributed by atoms with Crippen LogP contribution in [-0.2, 0) is 20.9 Å². The molecular weight excluding hydrogens is 459 g/mol. The molecule has 0 aliphatic heterocycles. The summed E-state index contributed by atoms with van der Waals surface area (Å²) in [6.45, 7) is 15.9. The van der Waals surface area contributed by atoms with Gasteiger partial charge in [0.15, 0.2) is 0 Å². The standard InChI is InChI=1S/2C8H15.C4H9N.C2H5.Ta/c2*1-2-8-6-4-3-5-7-8;1-4(2,3)5;1-2;/h2*3,8H,2,4-7H2,1H3;1-3H3;1H2,2H3;/q2*-1;;-1;. The zero-order valence-corrected chi connectivity index (χ0v) is 20.7. The third-order valence-corrected chi connectivity index (χ3v) is 6.73. The molecule has 0 heterocycles. The van der Waals surface area contributed by atoms with Crippen LogP contribution in [0.1, 0.15) is 106 Å². The predicted octanol–water partition coefficient (Wildman–Crippen LogP) is 7.94. The fourth-order valence-electron chi connectivity index (χ4n) is 2.81. The summed E-state index contributed by atoms with van der Waals surface area (Å²) in [5.41, 5.74) is 0.216. The molecule has 1 nitrogen and oxygen atoms in total. The molecule has 2 heteroatoms. The first-order valence-corrected chi connectivity index (χ1v) is 11.6. The average Bonchev–Trinajstić information content (AvgIpc) is 2.65. The Kier molecular flexibility index (Phi) is 20.4. The fraction of sp³-hybridized carbons (Fsp3) is 0.864. The molecule has 0 saturated heterocycles. The van der Waals surface area contributed by atoms with E-state index in [0.717, 1.165) is 32.7 Å². The first-order chi connectivity index (χ1) is 11.4. The minimum absolute atomic E-state index is 0.216. The minimum atomic E-state index is 0.216. The first kappa shape index (κ1) is 26.8. The summed E-state index contributed by atoms with van der Waals surface area (Å²) < 4.78 is 4.13. The van der Waals surface area contributed by atoms with Crippen LogP contribution in [0.4, 0.5) is 0 Å². The molecule has 0 aromatic rings. The number of hydrogen-bond donors (Lipinski definition) is 0. The van der Waals surface area contributed by atoms with Crippen LogP contribution >= 0.6 is 0 Å². The van der Waals surface area contributed by atoms with Crippen LogP contribution in [0.5, 0.6) is 0 Å². The van der Waals surface area contributed by atoms with E-state index in [0.29, 0.717) is 0 Å². The van der Waals surface area contributed by atoms with Crippen molar-refractivity contribution in [2.45, 2.75) is 111 Å². The van der Waals surface area contributed by atoms with Crippen molar-refractivity contribution in [3.05, 3.63) is 19.8 Å². The number of nitrogens with zero attached hydrogens (tertiary/aromatic N) is 1. The smallest absolute Gasteiger partial charge is 0.0465 e. The van der Waals surface area contributed by atoms with Crippen LogP contribution in [0.3, 0.4) is 0 Å². The van der Waals surface area contributed by atoms with Crippen LogP contribution in [0.2, 0.25) is 0 Å². The van der Waals surface area contributed by atoms with Gasteiger partial charge in [-0.3, -0.25) is 0 Å². The molecule has 0 radical (unpaired) electrons. The van der Waals surface area contributed by atoms with Crippen LogP contribution in [-0.4, -0.2) is 5.54 Å². The van der Waals surface area contributed by atoms with Gasteiger partial charge in [0.1, 0.15) is 0 Å². The van der Waals surface area contributed by atoms with Gasteiger partial charge in [0.2, 0.25) is 0 Å². The van der Waals surface area contributed by atoms with Gasteiger partial charge in [-0.05, 0) is 11.8 Å². The van der Waals surface area contributed by atoms with Crippen molar-refractivity contribution >= 4 is 0 Å². The Bertz CT molecular complexity index is 227. The molecule has 2 saturated carbocycles. The summed E-state index contributed by atoms with van der Waals surface area (Å²) in [5, 5.41) is 0. The van der Waals surface area contributed by atoms with Crippen molar-refractivity contribution in [3.63, 3.8) is 0 Å².